The molecule has 0 saturated heterocycles. The molecule has 0 amide bonds. The summed E-state index contributed by atoms with van der Waals surface area (Å²) in [6, 6.07) is 16.2. The first-order chi connectivity index (χ1) is 14.8. The zero-order valence-corrected chi connectivity index (χ0v) is 18.4. The Balaban J connectivity index is 1.87. The molecule has 0 aliphatic carbocycles. The third kappa shape index (κ3) is 5.44. The number of ether oxygens (including phenoxy) is 2. The summed E-state index contributed by atoms with van der Waals surface area (Å²) in [5.74, 6) is 1.16. The van der Waals surface area contributed by atoms with E-state index in [1.807, 2.05) is 6.07 Å². The molecule has 0 radical (unpaired) electrons. The number of hydrogen-bond acceptors (Lipinski definition) is 7. The molecule has 10 heteroatoms. The zero-order chi connectivity index (χ0) is 22.4. The minimum Gasteiger partial charge on any atom is -0.493 e. The predicted octanol–water partition coefficient (Wildman–Crippen LogP) is 5.02. The summed E-state index contributed by atoms with van der Waals surface area (Å²) in [6.45, 7) is 0.210. The fraction of sp³-hybridized carbons (Fsp3) is 0.143. The lowest BCUT2D eigenvalue weighted by atomic mass is 10.2. The Kier molecular flexibility index (Phi) is 6.98. The van der Waals surface area contributed by atoms with Gasteiger partial charge in [-0.05, 0) is 48.0 Å². The van der Waals surface area contributed by atoms with Gasteiger partial charge in [-0.1, -0.05) is 29.8 Å². The summed E-state index contributed by atoms with van der Waals surface area (Å²) in [7, 11) is -0.914. The minimum absolute atomic E-state index is 0.108. The second-order valence-electron chi connectivity index (χ2n) is 6.40. The van der Waals surface area contributed by atoms with Gasteiger partial charge in [0.15, 0.2) is 11.5 Å². The van der Waals surface area contributed by atoms with Crippen molar-refractivity contribution in [2.45, 2.75) is 11.4 Å². The lowest BCUT2D eigenvalue weighted by Gasteiger charge is -2.11. The van der Waals surface area contributed by atoms with Gasteiger partial charge < -0.3 is 15.2 Å². The maximum absolute atomic E-state index is 13.0. The standard InChI is InChI=1S/C21H21ClN4O4S/c1-29-19-10-7-14(11-20(19)30-2)13-24-25-18-9-8-15(23)12-21(18)31(27,28)26-17-6-4-3-5-16(17)22/h3-12,26H,13,23H2,1-2H3. The molecule has 3 N–H and O–H groups in total. The number of nitrogens with two attached hydrogens (primary N) is 1. The highest BCUT2D eigenvalue weighted by atomic mass is 35.5. The van der Waals surface area contributed by atoms with Crippen molar-refractivity contribution in [3.05, 3.63) is 71.2 Å². The van der Waals surface area contributed by atoms with Crippen LogP contribution < -0.4 is 19.9 Å². The van der Waals surface area contributed by atoms with Crippen molar-refractivity contribution in [2.75, 3.05) is 24.7 Å². The third-order valence-corrected chi connectivity index (χ3v) is 6.00. The van der Waals surface area contributed by atoms with Gasteiger partial charge in [-0.3, -0.25) is 4.72 Å². The Labute approximate surface area is 185 Å². The van der Waals surface area contributed by atoms with Crippen molar-refractivity contribution in [2.24, 2.45) is 10.2 Å². The van der Waals surface area contributed by atoms with E-state index in [9.17, 15) is 8.42 Å². The molecule has 3 aromatic rings. The number of hydrogen-bond donors (Lipinski definition) is 2. The first-order valence-corrected chi connectivity index (χ1v) is 11.0. The van der Waals surface area contributed by atoms with Gasteiger partial charge in [0.25, 0.3) is 10.0 Å². The van der Waals surface area contributed by atoms with E-state index in [1.54, 1.807) is 56.7 Å². The molecule has 162 valence electrons. The van der Waals surface area contributed by atoms with Crippen LogP contribution >= 0.6 is 11.6 Å². The minimum atomic E-state index is -4.01. The highest BCUT2D eigenvalue weighted by Crippen LogP contribution is 2.31. The Bertz CT molecular complexity index is 1220. The van der Waals surface area contributed by atoms with E-state index in [1.165, 1.54) is 12.1 Å². The summed E-state index contributed by atoms with van der Waals surface area (Å²) in [5, 5.41) is 8.53. The van der Waals surface area contributed by atoms with Crippen LogP contribution in [0.5, 0.6) is 11.5 Å². The van der Waals surface area contributed by atoms with Crippen molar-refractivity contribution >= 4 is 38.7 Å². The first kappa shape index (κ1) is 22.4. The molecule has 0 heterocycles. The van der Waals surface area contributed by atoms with E-state index in [-0.39, 0.29) is 33.5 Å². The largest absolute Gasteiger partial charge is 0.493 e. The van der Waals surface area contributed by atoms with Crippen molar-refractivity contribution < 1.29 is 17.9 Å². The number of rotatable bonds is 8. The van der Waals surface area contributed by atoms with Crippen LogP contribution in [0.25, 0.3) is 0 Å². The van der Waals surface area contributed by atoms with Crippen molar-refractivity contribution in [3.8, 4) is 11.5 Å². The molecule has 3 rings (SSSR count). The van der Waals surface area contributed by atoms with Crippen LogP contribution in [-0.2, 0) is 16.6 Å². The molecular formula is C21H21ClN4O4S. The molecule has 0 atom stereocenters. The van der Waals surface area contributed by atoms with E-state index in [2.05, 4.69) is 15.0 Å². The molecule has 0 spiro atoms. The summed E-state index contributed by atoms with van der Waals surface area (Å²) in [4.78, 5) is -0.108. The van der Waals surface area contributed by atoms with Crippen molar-refractivity contribution in [1.29, 1.82) is 0 Å². The van der Waals surface area contributed by atoms with Crippen molar-refractivity contribution in [1.82, 2.24) is 0 Å². The van der Waals surface area contributed by atoms with Gasteiger partial charge in [0.05, 0.1) is 31.5 Å². The maximum Gasteiger partial charge on any atom is 0.264 e. The van der Waals surface area contributed by atoms with E-state index >= 15 is 0 Å². The number of nitrogens with zero attached hydrogens (tertiary/aromatic N) is 2. The topological polar surface area (TPSA) is 115 Å². The molecule has 0 saturated carbocycles. The zero-order valence-electron chi connectivity index (χ0n) is 16.9. The maximum atomic E-state index is 13.0. The Morgan fingerprint density at radius 2 is 1.74 bits per heavy atom. The molecule has 3 aromatic carbocycles. The number of methoxy groups -OCH3 is 2. The van der Waals surface area contributed by atoms with Crippen LogP contribution in [0.15, 0.2) is 75.8 Å². The number of benzene rings is 3. The van der Waals surface area contributed by atoms with Crippen LogP contribution in [0.4, 0.5) is 17.1 Å². The number of halogens is 1. The molecule has 0 aromatic heterocycles. The summed E-state index contributed by atoms with van der Waals surface area (Å²) >= 11 is 6.07. The molecule has 0 unspecified atom stereocenters. The molecule has 0 bridgehead atoms. The summed E-state index contributed by atoms with van der Waals surface area (Å²) < 4.78 is 38.9. The van der Waals surface area contributed by atoms with E-state index in [0.717, 1.165) is 5.56 Å². The molecule has 0 fully saturated rings. The number of anilines is 2. The average Bonchev–Trinajstić information content (AvgIpc) is 2.76. The van der Waals surface area contributed by atoms with E-state index in [0.29, 0.717) is 11.5 Å². The summed E-state index contributed by atoms with van der Waals surface area (Å²) in [6.07, 6.45) is 0. The fourth-order valence-corrected chi connectivity index (χ4v) is 4.24. The quantitative estimate of drug-likeness (QED) is 0.361. The average molecular weight is 461 g/mol. The number of nitrogens with one attached hydrogen (secondary N) is 1. The SMILES string of the molecule is COc1ccc(CN=Nc2ccc(N)cc2S(=O)(=O)Nc2ccccc2Cl)cc1OC. The third-order valence-electron chi connectivity index (χ3n) is 4.27. The predicted molar refractivity (Wildman–Crippen MR) is 121 cm³/mol. The Hall–Kier alpha value is -3.30. The van der Waals surface area contributed by atoms with Gasteiger partial charge >= 0.3 is 0 Å². The normalized spacial score (nSPS) is 11.5. The molecule has 0 aliphatic rings. The molecule has 31 heavy (non-hydrogen) atoms. The lowest BCUT2D eigenvalue weighted by Crippen LogP contribution is -2.13. The first-order valence-electron chi connectivity index (χ1n) is 9.09. The van der Waals surface area contributed by atoms with Gasteiger partial charge in [-0.2, -0.15) is 10.2 Å². The van der Waals surface area contributed by atoms with Crippen LogP contribution in [0, 0.1) is 0 Å². The highest BCUT2D eigenvalue weighted by Gasteiger charge is 2.20. The monoisotopic (exact) mass is 460 g/mol. The second-order valence-corrected chi connectivity index (χ2v) is 8.46. The van der Waals surface area contributed by atoms with Gasteiger partial charge in [-0.25, -0.2) is 8.42 Å². The van der Waals surface area contributed by atoms with Crippen LogP contribution in [0.2, 0.25) is 5.02 Å². The fourth-order valence-electron chi connectivity index (χ4n) is 2.74. The molecule has 8 nitrogen and oxygen atoms in total. The Morgan fingerprint density at radius 1 is 1.00 bits per heavy atom. The lowest BCUT2D eigenvalue weighted by molar-refractivity contribution is 0.354. The van der Waals surface area contributed by atoms with Gasteiger partial charge in [0.2, 0.25) is 0 Å². The molecular weight excluding hydrogens is 440 g/mol. The van der Waals surface area contributed by atoms with E-state index < -0.39 is 10.0 Å². The van der Waals surface area contributed by atoms with Gasteiger partial charge in [-0.15, -0.1) is 0 Å². The van der Waals surface area contributed by atoms with Crippen LogP contribution in [-0.4, -0.2) is 22.6 Å². The van der Waals surface area contributed by atoms with Crippen LogP contribution in [0.3, 0.4) is 0 Å². The second kappa shape index (κ2) is 9.67. The van der Waals surface area contributed by atoms with Crippen molar-refractivity contribution in [3.63, 3.8) is 0 Å². The van der Waals surface area contributed by atoms with Crippen LogP contribution in [0.1, 0.15) is 5.56 Å². The number of sulfonamides is 1. The number of para-hydroxylation sites is 1. The summed E-state index contributed by atoms with van der Waals surface area (Å²) in [5.41, 5.74) is 7.30. The van der Waals surface area contributed by atoms with Gasteiger partial charge in [0.1, 0.15) is 10.6 Å². The highest BCUT2D eigenvalue weighted by molar-refractivity contribution is 7.92. The van der Waals surface area contributed by atoms with E-state index in [4.69, 9.17) is 26.8 Å². The smallest absolute Gasteiger partial charge is 0.264 e. The number of nitrogen functional groups attached to an aromatic ring is 1. The molecule has 0 aliphatic heterocycles. The Morgan fingerprint density at radius 3 is 2.45 bits per heavy atom. The number of azo groups is 1. The van der Waals surface area contributed by atoms with Gasteiger partial charge in [0, 0.05) is 5.69 Å².